The number of hydrogen-bond acceptors (Lipinski definition) is 10. The van der Waals surface area contributed by atoms with E-state index in [9.17, 15) is 39.0 Å². The van der Waals surface area contributed by atoms with E-state index in [1.165, 1.54) is 16.7 Å². The highest BCUT2D eigenvalue weighted by Gasteiger charge is 2.44. The third-order valence-electron chi connectivity index (χ3n) is 8.61. The van der Waals surface area contributed by atoms with Crippen LogP contribution in [-0.2, 0) is 33.5 Å². The Balaban J connectivity index is 2.17. The van der Waals surface area contributed by atoms with Crippen LogP contribution in [0.25, 0.3) is 0 Å². The van der Waals surface area contributed by atoms with Crippen molar-refractivity contribution in [3.05, 3.63) is 0 Å². The molecular formula is C31H54N8O9. The zero-order valence-electron chi connectivity index (χ0n) is 28.1. The number of hydrogen-bond donors (Lipinski definition) is 7. The number of carbonyl (C=O) groups excluding carboxylic acids is 5. The lowest BCUT2D eigenvalue weighted by molar-refractivity contribution is -0.149. The molecule has 2 fully saturated rings. The van der Waals surface area contributed by atoms with Crippen LogP contribution in [0.4, 0.5) is 0 Å². The number of nitrogens with two attached hydrogens (primary N) is 3. The number of carboxylic acid groups (broad SMARTS) is 1. The fourth-order valence-electron chi connectivity index (χ4n) is 6.14. The number of carboxylic acids is 1. The summed E-state index contributed by atoms with van der Waals surface area (Å²) in [5.74, 6) is -4.66. The Labute approximate surface area is 281 Å². The lowest BCUT2D eigenvalue weighted by Gasteiger charge is -2.33. The molecule has 0 aromatic rings. The third kappa shape index (κ3) is 12.3. The van der Waals surface area contributed by atoms with E-state index in [1.54, 1.807) is 6.92 Å². The first-order chi connectivity index (χ1) is 22.8. The molecule has 48 heavy (non-hydrogen) atoms. The summed E-state index contributed by atoms with van der Waals surface area (Å²) in [4.78, 5) is 85.3. The summed E-state index contributed by atoms with van der Waals surface area (Å²) in [6.45, 7) is 4.24. The Bertz CT molecular complexity index is 1150. The number of amides is 4. The quantitative estimate of drug-likeness (QED) is 0.0401. The second kappa shape index (κ2) is 20.5. The second-order valence-electron chi connectivity index (χ2n) is 12.3. The van der Waals surface area contributed by atoms with Crippen LogP contribution in [0, 0.1) is 5.92 Å². The van der Waals surface area contributed by atoms with E-state index in [1.807, 2.05) is 0 Å². The van der Waals surface area contributed by atoms with Crippen molar-refractivity contribution in [3.8, 4) is 0 Å². The van der Waals surface area contributed by atoms with Crippen molar-refractivity contribution in [2.45, 2.75) is 108 Å². The minimum Gasteiger partial charge on any atom is -0.480 e. The molecule has 4 amide bonds. The highest BCUT2D eigenvalue weighted by Crippen LogP contribution is 2.28. The maximum absolute atomic E-state index is 14.0. The van der Waals surface area contributed by atoms with E-state index in [2.05, 4.69) is 15.6 Å². The SMILES string of the molecule is CCOCC(=O)N[C@H](C(=O)C[C@@H](CCCCN)C(=O)N1CCCC1C(=O)N1CCC[C@H]1C(=O)N[C@@H](CCCN=C(N)N)C(=O)O)[C@@H](C)O. The van der Waals surface area contributed by atoms with E-state index in [-0.39, 0.29) is 45.0 Å². The molecule has 0 saturated carbocycles. The number of guanidine groups is 1. The van der Waals surface area contributed by atoms with E-state index in [0.717, 1.165) is 0 Å². The number of aliphatic imine (C=N–C) groups is 1. The summed E-state index contributed by atoms with van der Waals surface area (Å²) in [5, 5.41) is 25.0. The van der Waals surface area contributed by atoms with Crippen LogP contribution < -0.4 is 27.8 Å². The summed E-state index contributed by atoms with van der Waals surface area (Å²) in [6, 6.07) is -4.20. The number of ketones is 1. The number of unbranched alkanes of at least 4 members (excludes halogenated alkanes) is 1. The topological polar surface area (TPSA) is 273 Å². The Morgan fingerprint density at radius 2 is 1.62 bits per heavy atom. The largest absolute Gasteiger partial charge is 0.480 e. The van der Waals surface area contributed by atoms with Crippen molar-refractivity contribution in [2.75, 3.05) is 39.4 Å². The maximum atomic E-state index is 14.0. The number of rotatable bonds is 21. The summed E-state index contributed by atoms with van der Waals surface area (Å²) < 4.78 is 5.09. The molecule has 2 rings (SSSR count). The predicted molar refractivity (Wildman–Crippen MR) is 175 cm³/mol. The number of Topliss-reactive ketones (excluding diaryl/α,β-unsaturated/α-hetero) is 1. The van der Waals surface area contributed by atoms with Crippen molar-refractivity contribution >= 4 is 41.3 Å². The zero-order valence-corrected chi connectivity index (χ0v) is 28.1. The number of carbonyl (C=O) groups is 6. The lowest BCUT2D eigenvalue weighted by atomic mass is 9.90. The van der Waals surface area contributed by atoms with Crippen LogP contribution in [0.3, 0.4) is 0 Å². The molecular weight excluding hydrogens is 628 g/mol. The zero-order chi connectivity index (χ0) is 35.8. The molecule has 0 spiro atoms. The molecule has 0 radical (unpaired) electrons. The van der Waals surface area contributed by atoms with Gasteiger partial charge in [-0.3, -0.25) is 29.0 Å². The Hall–Kier alpha value is -3.83. The van der Waals surface area contributed by atoms with Gasteiger partial charge in [0.2, 0.25) is 23.6 Å². The molecule has 0 aliphatic carbocycles. The number of nitrogens with zero attached hydrogens (tertiary/aromatic N) is 3. The predicted octanol–water partition coefficient (Wildman–Crippen LogP) is -1.80. The first-order valence-corrected chi connectivity index (χ1v) is 16.8. The van der Waals surface area contributed by atoms with Gasteiger partial charge in [-0.1, -0.05) is 6.42 Å². The van der Waals surface area contributed by atoms with E-state index < -0.39 is 71.6 Å². The number of nitrogens with one attached hydrogen (secondary N) is 2. The van der Waals surface area contributed by atoms with Gasteiger partial charge in [-0.25, -0.2) is 4.79 Å². The molecule has 272 valence electrons. The molecule has 0 aromatic heterocycles. The van der Waals surface area contributed by atoms with Gasteiger partial charge in [0.05, 0.1) is 6.10 Å². The Morgan fingerprint density at radius 1 is 0.958 bits per heavy atom. The molecule has 1 unspecified atom stereocenters. The summed E-state index contributed by atoms with van der Waals surface area (Å²) >= 11 is 0. The minimum atomic E-state index is -1.25. The highest BCUT2D eigenvalue weighted by molar-refractivity contribution is 5.96. The molecule has 0 aromatic carbocycles. The molecule has 2 heterocycles. The smallest absolute Gasteiger partial charge is 0.326 e. The summed E-state index contributed by atoms with van der Waals surface area (Å²) in [6.07, 6.45) is 2.16. The normalized spacial score (nSPS) is 20.0. The van der Waals surface area contributed by atoms with Gasteiger partial charge in [0.15, 0.2) is 11.7 Å². The van der Waals surface area contributed by atoms with Crippen molar-refractivity contribution in [1.82, 2.24) is 20.4 Å². The first kappa shape index (κ1) is 40.3. The summed E-state index contributed by atoms with van der Waals surface area (Å²) in [5.41, 5.74) is 16.3. The van der Waals surface area contributed by atoms with Crippen molar-refractivity contribution in [2.24, 2.45) is 28.1 Å². The molecule has 17 heteroatoms. The molecule has 6 atom stereocenters. The van der Waals surface area contributed by atoms with Crippen molar-refractivity contribution < 1.29 is 43.7 Å². The van der Waals surface area contributed by atoms with Gasteiger partial charge >= 0.3 is 5.97 Å². The van der Waals surface area contributed by atoms with Gasteiger partial charge in [-0.05, 0) is 71.8 Å². The van der Waals surface area contributed by atoms with E-state index in [4.69, 9.17) is 21.9 Å². The molecule has 2 aliphatic rings. The average molecular weight is 683 g/mol. The fraction of sp³-hybridized carbons (Fsp3) is 0.774. The van der Waals surface area contributed by atoms with Crippen LogP contribution in [0.5, 0.6) is 0 Å². The highest BCUT2D eigenvalue weighted by atomic mass is 16.5. The van der Waals surface area contributed by atoms with Crippen LogP contribution in [0.1, 0.15) is 78.1 Å². The number of aliphatic hydroxyl groups is 1. The number of aliphatic hydroxyl groups excluding tert-OH is 1. The monoisotopic (exact) mass is 682 g/mol. The molecule has 10 N–H and O–H groups in total. The average Bonchev–Trinajstić information content (AvgIpc) is 3.73. The third-order valence-corrected chi connectivity index (χ3v) is 8.61. The lowest BCUT2D eigenvalue weighted by Crippen LogP contribution is -2.55. The van der Waals surface area contributed by atoms with Crippen LogP contribution in [-0.4, -0.2) is 131 Å². The van der Waals surface area contributed by atoms with Crippen LogP contribution >= 0.6 is 0 Å². The molecule has 0 bridgehead atoms. The number of ether oxygens (including phenoxy) is 1. The molecule has 2 aliphatic heterocycles. The van der Waals surface area contributed by atoms with Gasteiger partial charge in [0.25, 0.3) is 0 Å². The summed E-state index contributed by atoms with van der Waals surface area (Å²) in [7, 11) is 0. The van der Waals surface area contributed by atoms with Gasteiger partial charge in [0, 0.05) is 38.6 Å². The van der Waals surface area contributed by atoms with Crippen molar-refractivity contribution in [3.63, 3.8) is 0 Å². The second-order valence-corrected chi connectivity index (χ2v) is 12.3. The van der Waals surface area contributed by atoms with Gasteiger partial charge in [-0.15, -0.1) is 0 Å². The Morgan fingerprint density at radius 3 is 2.23 bits per heavy atom. The standard InChI is InChI=1S/C31H54N8O9/c1-3-48-18-25(42)37-26(19(2)40)24(41)17-20(9-4-5-13-32)28(44)39-16-8-12-23(39)29(45)38-15-7-11-22(38)27(43)36-21(30(46)47)10-6-14-35-31(33)34/h19-23,26,40H,3-18,32H2,1-2H3,(H,36,43)(H,37,42)(H,46,47)(H4,33,34,35)/t19-,20-,21+,22+,23?,26+/m1/s1. The van der Waals surface area contributed by atoms with Crippen molar-refractivity contribution in [1.29, 1.82) is 0 Å². The number of aliphatic carboxylic acids is 1. The van der Waals surface area contributed by atoms with E-state index in [0.29, 0.717) is 64.5 Å². The fourth-order valence-corrected chi connectivity index (χ4v) is 6.14. The molecule has 17 nitrogen and oxygen atoms in total. The van der Waals surface area contributed by atoms with Gasteiger partial charge < -0.3 is 52.6 Å². The first-order valence-electron chi connectivity index (χ1n) is 16.8. The van der Waals surface area contributed by atoms with Crippen LogP contribution in [0.2, 0.25) is 0 Å². The number of likely N-dealkylation sites (tertiary alicyclic amines) is 2. The maximum Gasteiger partial charge on any atom is 0.326 e. The molecule has 2 saturated heterocycles. The van der Waals surface area contributed by atoms with Gasteiger partial charge in [0.1, 0.15) is 30.8 Å². The van der Waals surface area contributed by atoms with E-state index >= 15 is 0 Å². The van der Waals surface area contributed by atoms with Crippen LogP contribution in [0.15, 0.2) is 4.99 Å². The van der Waals surface area contributed by atoms with Gasteiger partial charge in [-0.2, -0.15) is 0 Å². The Kier molecular flexibility index (Phi) is 17.2. The minimum absolute atomic E-state index is 0.0831.